The maximum absolute atomic E-state index is 14.4. The molecule has 55 heavy (non-hydrogen) atoms. The summed E-state index contributed by atoms with van der Waals surface area (Å²) in [4.78, 5) is 28.2. The third kappa shape index (κ3) is 9.49. The molecule has 6 rings (SSSR count). The number of hydrogen-bond acceptors (Lipinski definition) is 8. The van der Waals surface area contributed by atoms with Gasteiger partial charge in [0.25, 0.3) is 0 Å². The average Bonchev–Trinajstić information content (AvgIpc) is 3.48. The number of rotatable bonds is 19. The Bertz CT molecular complexity index is 2050. The normalized spacial score (nSPS) is 14.5. The number of hydrogen-bond donors (Lipinski definition) is 0. The van der Waals surface area contributed by atoms with Crippen LogP contribution in [0.15, 0.2) is 109 Å². The van der Waals surface area contributed by atoms with Crippen molar-refractivity contribution in [2.24, 2.45) is 0 Å². The summed E-state index contributed by atoms with van der Waals surface area (Å²) in [6, 6.07) is 34.4. The van der Waals surface area contributed by atoms with Crippen molar-refractivity contribution < 1.29 is 38.0 Å². The predicted octanol–water partition coefficient (Wildman–Crippen LogP) is 11.3. The van der Waals surface area contributed by atoms with Gasteiger partial charge in [-0.05, 0) is 55.4 Å². The summed E-state index contributed by atoms with van der Waals surface area (Å²) >= 11 is 0. The zero-order chi connectivity index (χ0) is 38.6. The second-order valence-corrected chi connectivity index (χ2v) is 14.0. The fraction of sp³-hybridized carbons (Fsp3) is 0.319. The fourth-order valence-corrected chi connectivity index (χ4v) is 6.82. The molecule has 8 heteroatoms. The number of carbonyl (C=O) groups is 2. The van der Waals surface area contributed by atoms with Gasteiger partial charge in [0.05, 0.1) is 7.11 Å². The van der Waals surface area contributed by atoms with E-state index in [1.54, 1.807) is 19.2 Å². The molecule has 0 radical (unpaired) electrons. The molecule has 0 saturated heterocycles. The number of fused-ring (bicyclic) bond motifs is 1. The zero-order valence-corrected chi connectivity index (χ0v) is 32.2. The molecule has 0 aliphatic carbocycles. The van der Waals surface area contributed by atoms with Gasteiger partial charge in [-0.15, -0.1) is 0 Å². The van der Waals surface area contributed by atoms with Crippen LogP contribution < -0.4 is 18.9 Å². The van der Waals surface area contributed by atoms with Crippen LogP contribution in [0.1, 0.15) is 108 Å². The highest BCUT2D eigenvalue weighted by Gasteiger charge is 2.44. The van der Waals surface area contributed by atoms with Gasteiger partial charge in [-0.1, -0.05) is 124 Å². The molecule has 8 nitrogen and oxygen atoms in total. The molecule has 0 amide bonds. The summed E-state index contributed by atoms with van der Waals surface area (Å²) < 4.78 is 37.8. The van der Waals surface area contributed by atoms with Gasteiger partial charge >= 0.3 is 11.9 Å². The molecule has 5 aromatic carbocycles. The first kappa shape index (κ1) is 38.9. The van der Waals surface area contributed by atoms with Crippen molar-refractivity contribution in [2.75, 3.05) is 7.11 Å². The van der Waals surface area contributed by atoms with Crippen LogP contribution in [-0.2, 0) is 41.3 Å². The Balaban J connectivity index is 1.53. The Kier molecular flexibility index (Phi) is 13.1. The van der Waals surface area contributed by atoms with Crippen LogP contribution in [0.25, 0.3) is 0 Å². The number of benzene rings is 5. The second kappa shape index (κ2) is 18.5. The minimum Gasteiger partial charge on any atom is -0.497 e. The van der Waals surface area contributed by atoms with Crippen LogP contribution in [0.5, 0.6) is 28.7 Å². The Morgan fingerprint density at radius 2 is 1.27 bits per heavy atom. The monoisotopic (exact) mass is 742 g/mol. The molecule has 0 aromatic heterocycles. The highest BCUT2D eigenvalue weighted by atomic mass is 16.6. The number of methoxy groups -OCH3 is 1. The molecule has 286 valence electrons. The number of unbranched alkanes of at least 4 members (excludes halogenated alkanes) is 3. The third-order valence-electron chi connectivity index (χ3n) is 9.85. The topological polar surface area (TPSA) is 89.5 Å². The zero-order valence-electron chi connectivity index (χ0n) is 32.2. The van der Waals surface area contributed by atoms with Gasteiger partial charge in [0, 0.05) is 23.3 Å². The maximum atomic E-state index is 14.4. The number of esters is 2. The molecule has 0 spiro atoms. The fourth-order valence-electron chi connectivity index (χ4n) is 6.82. The largest absolute Gasteiger partial charge is 0.497 e. The molecule has 5 aromatic rings. The van der Waals surface area contributed by atoms with Crippen molar-refractivity contribution in [3.05, 3.63) is 148 Å². The number of ether oxygens (including phenoxy) is 6. The van der Waals surface area contributed by atoms with E-state index in [1.165, 1.54) is 0 Å². The van der Waals surface area contributed by atoms with E-state index >= 15 is 0 Å². The van der Waals surface area contributed by atoms with Crippen molar-refractivity contribution in [2.45, 2.75) is 91.1 Å². The molecule has 0 saturated carbocycles. The first-order valence-corrected chi connectivity index (χ1v) is 19.2. The SMILES string of the molecule is CCCCCc1c(Oc2cc(OC)cc3c2C(=O)OC3(C)CCCC)c(OCc2ccccc2)cc(OCc2ccccc2)c1C(=O)OCc1ccccc1. The van der Waals surface area contributed by atoms with Gasteiger partial charge in [-0.25, -0.2) is 9.59 Å². The van der Waals surface area contributed by atoms with Crippen molar-refractivity contribution in [3.8, 4) is 28.7 Å². The second-order valence-electron chi connectivity index (χ2n) is 14.0. The molecule has 0 N–H and O–H groups in total. The van der Waals surface area contributed by atoms with E-state index in [1.807, 2.05) is 104 Å². The Morgan fingerprint density at radius 3 is 1.85 bits per heavy atom. The molecule has 1 unspecified atom stereocenters. The van der Waals surface area contributed by atoms with E-state index in [9.17, 15) is 9.59 Å². The lowest BCUT2D eigenvalue weighted by atomic mass is 9.89. The lowest BCUT2D eigenvalue weighted by Crippen LogP contribution is -2.21. The Morgan fingerprint density at radius 1 is 0.691 bits per heavy atom. The lowest BCUT2D eigenvalue weighted by molar-refractivity contribution is -0.00411. The van der Waals surface area contributed by atoms with E-state index < -0.39 is 17.5 Å². The van der Waals surface area contributed by atoms with Crippen molar-refractivity contribution in [1.82, 2.24) is 0 Å². The predicted molar refractivity (Wildman–Crippen MR) is 212 cm³/mol. The van der Waals surface area contributed by atoms with Crippen molar-refractivity contribution in [1.29, 1.82) is 0 Å². The summed E-state index contributed by atoms with van der Waals surface area (Å²) in [5, 5.41) is 0. The third-order valence-corrected chi connectivity index (χ3v) is 9.85. The Labute approximate surface area is 324 Å². The van der Waals surface area contributed by atoms with E-state index in [0.717, 1.165) is 48.8 Å². The van der Waals surface area contributed by atoms with Gasteiger partial charge in [0.2, 0.25) is 0 Å². The molecule has 1 aliphatic rings. The van der Waals surface area contributed by atoms with Crippen LogP contribution in [-0.4, -0.2) is 19.0 Å². The highest BCUT2D eigenvalue weighted by Crippen LogP contribution is 2.50. The van der Waals surface area contributed by atoms with Gasteiger partial charge < -0.3 is 28.4 Å². The van der Waals surface area contributed by atoms with Gasteiger partial charge in [0.1, 0.15) is 53.8 Å². The van der Waals surface area contributed by atoms with Gasteiger partial charge in [0.15, 0.2) is 11.5 Å². The van der Waals surface area contributed by atoms with E-state index in [0.29, 0.717) is 52.5 Å². The van der Waals surface area contributed by atoms with Crippen molar-refractivity contribution in [3.63, 3.8) is 0 Å². The van der Waals surface area contributed by atoms with Gasteiger partial charge in [-0.3, -0.25) is 0 Å². The maximum Gasteiger partial charge on any atom is 0.343 e. The number of carbonyl (C=O) groups excluding carboxylic acids is 2. The van der Waals surface area contributed by atoms with E-state index in [2.05, 4.69) is 13.8 Å². The van der Waals surface area contributed by atoms with Crippen LogP contribution in [0, 0.1) is 0 Å². The first-order chi connectivity index (χ1) is 26.8. The van der Waals surface area contributed by atoms with Crippen molar-refractivity contribution >= 4 is 11.9 Å². The van der Waals surface area contributed by atoms with Gasteiger partial charge in [-0.2, -0.15) is 0 Å². The molecule has 1 heterocycles. The van der Waals surface area contributed by atoms with Crippen LogP contribution in [0.4, 0.5) is 0 Å². The number of cyclic esters (lactones) is 1. The quantitative estimate of drug-likeness (QED) is 0.0610. The summed E-state index contributed by atoms with van der Waals surface area (Å²) in [5.74, 6) is 0.704. The van der Waals surface area contributed by atoms with Crippen LogP contribution in [0.2, 0.25) is 0 Å². The molecule has 1 aliphatic heterocycles. The summed E-state index contributed by atoms with van der Waals surface area (Å²) in [6.45, 7) is 6.65. The molecular formula is C47H50O8. The summed E-state index contributed by atoms with van der Waals surface area (Å²) in [7, 11) is 1.58. The Hall–Kier alpha value is -5.76. The average molecular weight is 743 g/mol. The standard InChI is InChI=1S/C47H50O8/c1-5-7-12-25-37-42(45(48)53-32-35-23-17-11-18-24-35)39(51-30-33-19-13-9-14-20-33)29-41(52-31-34-21-15-10-16-22-34)44(37)54-40-28-36(50-4)27-38-43(40)46(49)55-47(38,3)26-8-6-2/h9-11,13-24,27-29H,5-8,12,25-26,30-32H2,1-4H3. The van der Waals surface area contributed by atoms with Crippen LogP contribution >= 0.6 is 0 Å². The summed E-state index contributed by atoms with van der Waals surface area (Å²) in [6.07, 6.45) is 5.53. The van der Waals surface area contributed by atoms with E-state index in [4.69, 9.17) is 28.4 Å². The first-order valence-electron chi connectivity index (χ1n) is 19.2. The molecule has 0 fully saturated rings. The molecule has 1 atom stereocenters. The highest BCUT2D eigenvalue weighted by molar-refractivity contribution is 5.99. The molecule has 0 bridgehead atoms. The smallest absolute Gasteiger partial charge is 0.343 e. The molecular weight excluding hydrogens is 693 g/mol. The van der Waals surface area contributed by atoms with E-state index in [-0.39, 0.29) is 31.1 Å². The van der Waals surface area contributed by atoms with Crippen LogP contribution in [0.3, 0.4) is 0 Å². The minimum absolute atomic E-state index is 0.0697. The summed E-state index contributed by atoms with van der Waals surface area (Å²) in [5.41, 5.74) is 3.71. The minimum atomic E-state index is -0.854. The lowest BCUT2D eigenvalue weighted by Gasteiger charge is -2.25.